The molecule has 0 radical (unpaired) electrons. The van der Waals surface area contributed by atoms with E-state index in [4.69, 9.17) is 9.26 Å². The Morgan fingerprint density at radius 1 is 1.03 bits per heavy atom. The Hall–Kier alpha value is -3.78. The number of hydrogen-bond acceptors (Lipinski definition) is 7. The zero-order valence-electron chi connectivity index (χ0n) is 16.4. The van der Waals surface area contributed by atoms with Crippen LogP contribution in [0.5, 0.6) is 0 Å². The van der Waals surface area contributed by atoms with Crippen molar-refractivity contribution in [2.75, 3.05) is 0 Å². The van der Waals surface area contributed by atoms with Crippen molar-refractivity contribution in [1.29, 1.82) is 0 Å². The molecule has 1 unspecified atom stereocenters. The molecule has 1 N–H and O–H groups in total. The van der Waals surface area contributed by atoms with Gasteiger partial charge in [-0.3, -0.25) is 4.79 Å². The van der Waals surface area contributed by atoms with E-state index in [0.29, 0.717) is 17.8 Å². The number of benzene rings is 2. The van der Waals surface area contributed by atoms with Crippen molar-refractivity contribution in [2.45, 2.75) is 19.1 Å². The Kier molecular flexibility index (Phi) is 6.49. The first-order chi connectivity index (χ1) is 15.2. The minimum Gasteiger partial charge on any atom is -0.454 e. The summed E-state index contributed by atoms with van der Waals surface area (Å²) in [6.45, 7) is -0.178. The number of carbonyl (C=O) groups excluding carboxylic acids is 2. The number of esters is 1. The number of amides is 1. The quantitative estimate of drug-likeness (QED) is 0.424. The number of hydrogen-bond donors (Lipinski definition) is 1. The number of nitrogens with zero attached hydrogens (tertiary/aromatic N) is 2. The van der Waals surface area contributed by atoms with E-state index in [-0.39, 0.29) is 18.4 Å². The predicted molar refractivity (Wildman–Crippen MR) is 115 cm³/mol. The maximum Gasteiger partial charge on any atom is 0.329 e. The van der Waals surface area contributed by atoms with Crippen LogP contribution in [0.4, 0.5) is 0 Å². The van der Waals surface area contributed by atoms with Gasteiger partial charge in [-0.15, -0.1) is 0 Å². The summed E-state index contributed by atoms with van der Waals surface area (Å²) >= 11 is 1.52. The van der Waals surface area contributed by atoms with Gasteiger partial charge in [-0.2, -0.15) is 16.3 Å². The summed E-state index contributed by atoms with van der Waals surface area (Å²) in [6.07, 6.45) is 0.294. The largest absolute Gasteiger partial charge is 0.454 e. The second-order valence-electron chi connectivity index (χ2n) is 6.71. The van der Waals surface area contributed by atoms with Crippen LogP contribution >= 0.6 is 11.3 Å². The van der Waals surface area contributed by atoms with Gasteiger partial charge in [0.1, 0.15) is 6.04 Å². The number of rotatable bonds is 8. The molecule has 4 rings (SSSR count). The predicted octanol–water partition coefficient (Wildman–Crippen LogP) is 3.88. The van der Waals surface area contributed by atoms with E-state index in [9.17, 15) is 9.59 Å². The van der Waals surface area contributed by atoms with Crippen molar-refractivity contribution >= 4 is 23.2 Å². The molecule has 0 aliphatic carbocycles. The molecule has 1 amide bonds. The Balaban J connectivity index is 1.43. The third-order valence-corrected chi connectivity index (χ3v) is 5.18. The van der Waals surface area contributed by atoms with Crippen molar-refractivity contribution < 1.29 is 18.8 Å². The molecule has 0 fully saturated rings. The fourth-order valence-electron chi connectivity index (χ4n) is 2.93. The lowest BCUT2D eigenvalue weighted by molar-refractivity contribution is -0.148. The zero-order chi connectivity index (χ0) is 21.5. The molecule has 1 atom stereocenters. The summed E-state index contributed by atoms with van der Waals surface area (Å²) in [5.74, 6) is -0.313. The highest BCUT2D eigenvalue weighted by Crippen LogP contribution is 2.19. The van der Waals surface area contributed by atoms with Crippen molar-refractivity contribution in [3.8, 4) is 11.4 Å². The maximum atomic E-state index is 12.8. The van der Waals surface area contributed by atoms with Gasteiger partial charge in [0.25, 0.3) is 11.8 Å². The van der Waals surface area contributed by atoms with Gasteiger partial charge in [0.2, 0.25) is 5.82 Å². The molecule has 2 aromatic carbocycles. The smallest absolute Gasteiger partial charge is 0.329 e. The first kappa shape index (κ1) is 20.5. The van der Waals surface area contributed by atoms with Crippen LogP contribution in [-0.2, 0) is 22.6 Å². The molecule has 2 aromatic heterocycles. The Morgan fingerprint density at radius 2 is 1.77 bits per heavy atom. The molecule has 0 saturated carbocycles. The standard InChI is InChI=1S/C23H19N3O4S/c27-22(17-9-5-2-6-10-17)24-19(13-16-7-3-1-4-8-16)23(28)29-14-20-25-21(26-30-20)18-11-12-31-15-18/h1-12,15,19H,13-14H2,(H,24,27). The lowest BCUT2D eigenvalue weighted by atomic mass is 10.1. The number of carbonyl (C=O) groups is 2. The molecule has 0 saturated heterocycles. The van der Waals surface area contributed by atoms with E-state index < -0.39 is 12.0 Å². The first-order valence-corrected chi connectivity index (χ1v) is 10.5. The van der Waals surface area contributed by atoms with E-state index in [1.54, 1.807) is 24.3 Å². The lowest BCUT2D eigenvalue weighted by Gasteiger charge is -2.17. The molecule has 2 heterocycles. The third-order valence-electron chi connectivity index (χ3n) is 4.49. The van der Waals surface area contributed by atoms with E-state index in [1.165, 1.54) is 11.3 Å². The van der Waals surface area contributed by atoms with Crippen LogP contribution < -0.4 is 5.32 Å². The van der Waals surface area contributed by atoms with Gasteiger partial charge >= 0.3 is 5.97 Å². The normalized spacial score (nSPS) is 11.6. The minimum atomic E-state index is -0.866. The SMILES string of the molecule is O=C(NC(Cc1ccccc1)C(=O)OCc1nc(-c2ccsc2)no1)c1ccccc1. The summed E-state index contributed by atoms with van der Waals surface area (Å²) in [6, 6.07) is 19.1. The molecule has 4 aromatic rings. The second kappa shape index (κ2) is 9.82. The molecule has 0 bridgehead atoms. The van der Waals surface area contributed by atoms with Gasteiger partial charge in [-0.05, 0) is 29.1 Å². The van der Waals surface area contributed by atoms with Crippen molar-refractivity contribution in [1.82, 2.24) is 15.5 Å². The van der Waals surface area contributed by atoms with Gasteiger partial charge in [0.05, 0.1) is 0 Å². The molecule has 8 heteroatoms. The van der Waals surface area contributed by atoms with Crippen LogP contribution in [0.15, 0.2) is 82.0 Å². The number of ether oxygens (including phenoxy) is 1. The minimum absolute atomic E-state index is 0.178. The van der Waals surface area contributed by atoms with Gasteiger partial charge in [0.15, 0.2) is 6.61 Å². The van der Waals surface area contributed by atoms with Crippen LogP contribution in [-0.4, -0.2) is 28.1 Å². The highest BCUT2D eigenvalue weighted by Gasteiger charge is 2.24. The molecule has 31 heavy (non-hydrogen) atoms. The van der Waals surface area contributed by atoms with Gasteiger partial charge in [-0.1, -0.05) is 53.7 Å². The van der Waals surface area contributed by atoms with E-state index in [2.05, 4.69) is 15.5 Å². The van der Waals surface area contributed by atoms with Crippen LogP contribution in [0.3, 0.4) is 0 Å². The molecule has 0 spiro atoms. The summed E-state index contributed by atoms with van der Waals surface area (Å²) in [7, 11) is 0. The van der Waals surface area contributed by atoms with E-state index in [1.807, 2.05) is 53.2 Å². The summed E-state index contributed by atoms with van der Waals surface area (Å²) in [4.78, 5) is 29.6. The highest BCUT2D eigenvalue weighted by atomic mass is 32.1. The molecule has 156 valence electrons. The zero-order valence-corrected chi connectivity index (χ0v) is 17.2. The van der Waals surface area contributed by atoms with Gasteiger partial charge in [0, 0.05) is 22.9 Å². The number of nitrogens with one attached hydrogen (secondary N) is 1. The molecule has 0 aliphatic heterocycles. The fourth-order valence-corrected chi connectivity index (χ4v) is 3.56. The maximum absolute atomic E-state index is 12.8. The van der Waals surface area contributed by atoms with Crippen LogP contribution in [0, 0.1) is 0 Å². The molecule has 7 nitrogen and oxygen atoms in total. The molecular formula is C23H19N3O4S. The average Bonchev–Trinajstić information content (AvgIpc) is 3.50. The van der Waals surface area contributed by atoms with Gasteiger partial charge < -0.3 is 14.6 Å². The topological polar surface area (TPSA) is 94.3 Å². The van der Waals surface area contributed by atoms with Crippen molar-refractivity contribution in [2.24, 2.45) is 0 Å². The lowest BCUT2D eigenvalue weighted by Crippen LogP contribution is -2.43. The van der Waals surface area contributed by atoms with Crippen LogP contribution in [0.1, 0.15) is 21.8 Å². The summed E-state index contributed by atoms with van der Waals surface area (Å²) < 4.78 is 10.5. The van der Waals surface area contributed by atoms with E-state index >= 15 is 0 Å². The molecular weight excluding hydrogens is 414 g/mol. The molecule has 0 aliphatic rings. The third kappa shape index (κ3) is 5.43. The summed E-state index contributed by atoms with van der Waals surface area (Å²) in [5.41, 5.74) is 2.20. The Morgan fingerprint density at radius 3 is 2.48 bits per heavy atom. The Bertz CT molecular complexity index is 1130. The Labute approximate surface area is 182 Å². The summed E-state index contributed by atoms with van der Waals surface area (Å²) in [5, 5.41) is 10.5. The van der Waals surface area contributed by atoms with Crippen molar-refractivity contribution in [3.05, 3.63) is 94.5 Å². The van der Waals surface area contributed by atoms with Gasteiger partial charge in [-0.25, -0.2) is 4.79 Å². The number of thiophene rings is 1. The van der Waals surface area contributed by atoms with Crippen molar-refractivity contribution in [3.63, 3.8) is 0 Å². The first-order valence-electron chi connectivity index (χ1n) is 9.60. The average molecular weight is 433 g/mol. The second-order valence-corrected chi connectivity index (χ2v) is 7.49. The number of aromatic nitrogens is 2. The highest BCUT2D eigenvalue weighted by molar-refractivity contribution is 7.08. The fraction of sp³-hybridized carbons (Fsp3) is 0.130. The van der Waals surface area contributed by atoms with Crippen LogP contribution in [0.2, 0.25) is 0 Å². The van der Waals surface area contributed by atoms with E-state index in [0.717, 1.165) is 11.1 Å². The monoisotopic (exact) mass is 433 g/mol. The van der Waals surface area contributed by atoms with Crippen LogP contribution in [0.25, 0.3) is 11.4 Å².